The molecule has 2 heteroatoms. The van der Waals surface area contributed by atoms with Gasteiger partial charge in [-0.1, -0.05) is 25.7 Å². The molecular weight excluding hydrogens is 140 g/mol. The molecule has 0 unspecified atom stereocenters. The Morgan fingerprint density at radius 3 is 2.20 bits per heavy atom. The molecule has 0 fully saturated rings. The zero-order valence-corrected chi connectivity index (χ0v) is 8.27. The van der Waals surface area contributed by atoms with Crippen LogP contribution in [0.15, 0.2) is 12.2 Å². The summed E-state index contributed by atoms with van der Waals surface area (Å²) in [5.74, 6) is 0.151. The number of hydrogen-bond acceptors (Lipinski definition) is 1. The third-order valence-electron chi connectivity index (χ3n) is 1.08. The average molecular weight is 156 g/mol. The maximum absolute atomic E-state index is 10.5. The van der Waals surface area contributed by atoms with E-state index in [9.17, 15) is 4.79 Å². The van der Waals surface area contributed by atoms with Gasteiger partial charge in [0, 0.05) is 8.07 Å². The minimum absolute atomic E-state index is 0.151. The smallest absolute Gasteiger partial charge is 0.152 e. The Morgan fingerprint density at radius 1 is 1.40 bits per heavy atom. The highest BCUT2D eigenvalue weighted by molar-refractivity contribution is 6.76. The first kappa shape index (κ1) is 9.63. The molecule has 0 rings (SSSR count). The monoisotopic (exact) mass is 156 g/mol. The third-order valence-corrected chi connectivity index (χ3v) is 2.54. The predicted molar refractivity (Wildman–Crippen MR) is 48.0 cm³/mol. The SMILES string of the molecule is CC(=O)/C=C/C[Si](C)(C)C. The molecule has 0 aliphatic rings. The molecule has 1 nitrogen and oxygen atoms in total. The summed E-state index contributed by atoms with van der Waals surface area (Å²) in [4.78, 5) is 10.5. The first-order chi connectivity index (χ1) is 4.42. The van der Waals surface area contributed by atoms with Crippen molar-refractivity contribution in [1.82, 2.24) is 0 Å². The van der Waals surface area contributed by atoms with Crippen molar-refractivity contribution in [3.63, 3.8) is 0 Å². The summed E-state index contributed by atoms with van der Waals surface area (Å²) in [7, 11) is -0.963. The van der Waals surface area contributed by atoms with Crippen molar-refractivity contribution in [3.05, 3.63) is 12.2 Å². The molecule has 0 saturated carbocycles. The second-order valence-corrected chi connectivity index (χ2v) is 9.31. The van der Waals surface area contributed by atoms with Crippen molar-refractivity contribution >= 4 is 13.9 Å². The van der Waals surface area contributed by atoms with E-state index in [1.165, 1.54) is 0 Å². The molecule has 0 saturated heterocycles. The van der Waals surface area contributed by atoms with Crippen LogP contribution >= 0.6 is 0 Å². The molecule has 0 aromatic heterocycles. The van der Waals surface area contributed by atoms with Crippen LogP contribution in [0.4, 0.5) is 0 Å². The minimum atomic E-state index is -0.963. The maximum atomic E-state index is 10.5. The van der Waals surface area contributed by atoms with Gasteiger partial charge < -0.3 is 0 Å². The Balaban J connectivity index is 3.64. The lowest BCUT2D eigenvalue weighted by atomic mass is 10.4. The van der Waals surface area contributed by atoms with Gasteiger partial charge in [-0.25, -0.2) is 0 Å². The van der Waals surface area contributed by atoms with E-state index in [0.29, 0.717) is 0 Å². The van der Waals surface area contributed by atoms with Gasteiger partial charge in [0.15, 0.2) is 5.78 Å². The topological polar surface area (TPSA) is 17.1 Å². The molecule has 0 heterocycles. The van der Waals surface area contributed by atoms with Crippen molar-refractivity contribution in [1.29, 1.82) is 0 Å². The van der Waals surface area contributed by atoms with Gasteiger partial charge in [-0.15, -0.1) is 0 Å². The van der Waals surface area contributed by atoms with E-state index in [1.54, 1.807) is 13.0 Å². The molecule has 0 aromatic rings. The number of allylic oxidation sites excluding steroid dienone is 2. The van der Waals surface area contributed by atoms with Gasteiger partial charge in [-0.3, -0.25) is 4.79 Å². The first-order valence-electron chi connectivity index (χ1n) is 3.59. The first-order valence-corrected chi connectivity index (χ1v) is 7.30. The van der Waals surface area contributed by atoms with E-state index < -0.39 is 8.07 Å². The number of carbonyl (C=O) groups is 1. The summed E-state index contributed by atoms with van der Waals surface area (Å²) >= 11 is 0. The number of carbonyl (C=O) groups excluding carboxylic acids is 1. The summed E-state index contributed by atoms with van der Waals surface area (Å²) in [5, 5.41) is 0. The molecule has 0 aliphatic heterocycles. The van der Waals surface area contributed by atoms with Crippen LogP contribution in [-0.2, 0) is 4.79 Å². The van der Waals surface area contributed by atoms with Crippen LogP contribution in [-0.4, -0.2) is 13.9 Å². The molecular formula is C8H16OSi. The van der Waals surface area contributed by atoms with Crippen molar-refractivity contribution < 1.29 is 4.79 Å². The molecule has 0 spiro atoms. The van der Waals surface area contributed by atoms with Crippen LogP contribution in [0.5, 0.6) is 0 Å². The Bertz CT molecular complexity index is 142. The summed E-state index contributed by atoms with van der Waals surface area (Å²) < 4.78 is 0. The third kappa shape index (κ3) is 7.63. The van der Waals surface area contributed by atoms with Crippen LogP contribution in [0.3, 0.4) is 0 Å². The van der Waals surface area contributed by atoms with E-state index in [4.69, 9.17) is 0 Å². The lowest BCUT2D eigenvalue weighted by Gasteiger charge is -2.10. The zero-order valence-electron chi connectivity index (χ0n) is 7.27. The molecule has 0 N–H and O–H groups in total. The number of ketones is 1. The van der Waals surface area contributed by atoms with E-state index in [2.05, 4.69) is 19.6 Å². The molecule has 0 aromatic carbocycles. The lowest BCUT2D eigenvalue weighted by Crippen LogP contribution is -2.17. The van der Waals surface area contributed by atoms with Gasteiger partial charge in [-0.05, 0) is 19.0 Å². The van der Waals surface area contributed by atoms with Crippen molar-refractivity contribution in [2.45, 2.75) is 32.6 Å². The van der Waals surface area contributed by atoms with Crippen LogP contribution in [0.25, 0.3) is 0 Å². The predicted octanol–water partition coefficient (Wildman–Crippen LogP) is 2.47. The molecule has 0 amide bonds. The Hall–Kier alpha value is -0.373. The Labute approximate surface area is 64.1 Å². The summed E-state index contributed by atoms with van der Waals surface area (Å²) in [6, 6.07) is 1.10. The summed E-state index contributed by atoms with van der Waals surface area (Å²) in [6.07, 6.45) is 3.66. The molecule has 0 aliphatic carbocycles. The van der Waals surface area contributed by atoms with Gasteiger partial charge in [0.1, 0.15) is 0 Å². The van der Waals surface area contributed by atoms with E-state index >= 15 is 0 Å². The fourth-order valence-electron chi connectivity index (χ4n) is 0.578. The highest BCUT2D eigenvalue weighted by Gasteiger charge is 2.09. The van der Waals surface area contributed by atoms with Crippen molar-refractivity contribution in [3.8, 4) is 0 Å². The quantitative estimate of drug-likeness (QED) is 0.453. The largest absolute Gasteiger partial charge is 0.295 e. The number of rotatable bonds is 3. The van der Waals surface area contributed by atoms with Gasteiger partial charge in [0.05, 0.1) is 0 Å². The molecule has 10 heavy (non-hydrogen) atoms. The lowest BCUT2D eigenvalue weighted by molar-refractivity contribution is -0.112. The zero-order chi connectivity index (χ0) is 8.20. The highest BCUT2D eigenvalue weighted by atomic mass is 28.3. The van der Waals surface area contributed by atoms with Gasteiger partial charge >= 0.3 is 0 Å². The second kappa shape index (κ2) is 3.71. The van der Waals surface area contributed by atoms with Gasteiger partial charge in [0.25, 0.3) is 0 Å². The molecule has 0 bridgehead atoms. The van der Waals surface area contributed by atoms with Crippen LogP contribution in [0.1, 0.15) is 6.92 Å². The highest BCUT2D eigenvalue weighted by Crippen LogP contribution is 2.07. The molecule has 0 atom stereocenters. The molecule has 0 radical (unpaired) electrons. The van der Waals surface area contributed by atoms with Gasteiger partial charge in [-0.2, -0.15) is 0 Å². The second-order valence-electron chi connectivity index (χ2n) is 3.78. The normalized spacial score (nSPS) is 12.4. The summed E-state index contributed by atoms with van der Waals surface area (Å²) in [6.45, 7) is 8.45. The fourth-order valence-corrected chi connectivity index (χ4v) is 1.40. The van der Waals surface area contributed by atoms with E-state index in [0.717, 1.165) is 6.04 Å². The number of hydrogen-bond donors (Lipinski definition) is 0. The Kier molecular flexibility index (Phi) is 3.57. The van der Waals surface area contributed by atoms with Crippen molar-refractivity contribution in [2.75, 3.05) is 0 Å². The van der Waals surface area contributed by atoms with Crippen LogP contribution in [0.2, 0.25) is 25.7 Å². The van der Waals surface area contributed by atoms with Gasteiger partial charge in [0.2, 0.25) is 0 Å². The standard InChI is InChI=1S/C8H16OSi/c1-8(9)6-5-7-10(2,3)4/h5-6H,7H2,1-4H3/b6-5+. The minimum Gasteiger partial charge on any atom is -0.295 e. The summed E-state index contributed by atoms with van der Waals surface area (Å²) in [5.41, 5.74) is 0. The molecule has 58 valence electrons. The maximum Gasteiger partial charge on any atom is 0.152 e. The van der Waals surface area contributed by atoms with E-state index in [-0.39, 0.29) is 5.78 Å². The average Bonchev–Trinajstić information content (AvgIpc) is 1.59. The van der Waals surface area contributed by atoms with E-state index in [1.807, 2.05) is 6.08 Å². The van der Waals surface area contributed by atoms with Crippen LogP contribution in [0, 0.1) is 0 Å². The Morgan fingerprint density at radius 2 is 1.90 bits per heavy atom. The van der Waals surface area contributed by atoms with Crippen molar-refractivity contribution in [2.24, 2.45) is 0 Å². The fraction of sp³-hybridized carbons (Fsp3) is 0.625. The van der Waals surface area contributed by atoms with Crippen LogP contribution < -0.4 is 0 Å².